The van der Waals surface area contributed by atoms with E-state index in [0.717, 1.165) is 22.5 Å². The van der Waals surface area contributed by atoms with Gasteiger partial charge in [-0.25, -0.2) is 4.52 Å². The third kappa shape index (κ3) is 3.13. The number of aromatic nitrogens is 6. The van der Waals surface area contributed by atoms with E-state index in [0.29, 0.717) is 17.3 Å². The van der Waals surface area contributed by atoms with Crippen LogP contribution in [-0.4, -0.2) is 35.3 Å². The van der Waals surface area contributed by atoms with E-state index in [1.807, 2.05) is 42.9 Å². The van der Waals surface area contributed by atoms with E-state index >= 15 is 0 Å². The normalized spacial score (nSPS) is 15.2. The fraction of sp³-hybridized carbons (Fsp3) is 0.318. The topological polar surface area (TPSA) is 102 Å². The lowest BCUT2D eigenvalue weighted by atomic mass is 9.86. The van der Waals surface area contributed by atoms with Crippen LogP contribution in [-0.2, 0) is 15.7 Å². The number of benzene rings is 1. The van der Waals surface area contributed by atoms with Crippen LogP contribution in [0, 0.1) is 0 Å². The Morgan fingerprint density at radius 1 is 1.19 bits per heavy atom. The van der Waals surface area contributed by atoms with Crippen LogP contribution in [0.1, 0.15) is 40.2 Å². The molecule has 0 bridgehead atoms. The smallest absolute Gasteiger partial charge is 0.247 e. The van der Waals surface area contributed by atoms with Gasteiger partial charge in [0.25, 0.3) is 0 Å². The molecule has 0 atom stereocenters. The minimum atomic E-state index is -0.534. The van der Waals surface area contributed by atoms with Gasteiger partial charge >= 0.3 is 0 Å². The van der Waals surface area contributed by atoms with Crippen LogP contribution in [0.3, 0.4) is 0 Å². The summed E-state index contributed by atoms with van der Waals surface area (Å²) in [6.07, 6.45) is 7.22. The summed E-state index contributed by atoms with van der Waals surface area (Å²) in [5.74, 6) is 0.443. The van der Waals surface area contributed by atoms with Crippen molar-refractivity contribution in [3.63, 3.8) is 0 Å². The molecule has 0 saturated carbocycles. The zero-order valence-corrected chi connectivity index (χ0v) is 18.1. The van der Waals surface area contributed by atoms with Crippen LogP contribution in [0.15, 0.2) is 43.0 Å². The molecular weight excluding hydrogens is 392 g/mol. The molecule has 31 heavy (non-hydrogen) atoms. The first-order valence-electron chi connectivity index (χ1n) is 10.1. The lowest BCUT2D eigenvalue weighted by molar-refractivity contribution is -0.119. The largest absolute Gasteiger partial charge is 0.325 e. The molecule has 9 heteroatoms. The van der Waals surface area contributed by atoms with Gasteiger partial charge in [0.1, 0.15) is 5.69 Å². The minimum absolute atomic E-state index is 0.00276. The molecule has 9 nitrogen and oxygen atoms in total. The van der Waals surface area contributed by atoms with Gasteiger partial charge in [-0.05, 0) is 52.3 Å². The first-order valence-corrected chi connectivity index (χ1v) is 10.1. The summed E-state index contributed by atoms with van der Waals surface area (Å²) < 4.78 is 3.60. The number of carbonyl (C=O) groups excluding carboxylic acids is 1. The van der Waals surface area contributed by atoms with E-state index in [1.54, 1.807) is 23.1 Å². The molecule has 0 saturated heterocycles. The number of nitrogens with one attached hydrogen (secondary N) is 2. The van der Waals surface area contributed by atoms with Gasteiger partial charge in [-0.2, -0.15) is 10.1 Å². The number of rotatable bonds is 3. The Balaban J connectivity index is 1.48. The van der Waals surface area contributed by atoms with Crippen LogP contribution >= 0.6 is 0 Å². The second kappa shape index (κ2) is 6.37. The summed E-state index contributed by atoms with van der Waals surface area (Å²) >= 11 is 0. The number of amides is 1. The van der Waals surface area contributed by atoms with Crippen molar-refractivity contribution >= 4 is 28.9 Å². The zero-order chi connectivity index (χ0) is 22.0. The summed E-state index contributed by atoms with van der Waals surface area (Å²) in [5.41, 5.74) is 4.14. The number of hydrogen-bond donors (Lipinski definition) is 2. The molecule has 0 radical (unpaired) electrons. The molecule has 0 aliphatic carbocycles. The molecule has 4 heterocycles. The average Bonchev–Trinajstić information content (AvgIpc) is 3.38. The summed E-state index contributed by atoms with van der Waals surface area (Å²) in [6.45, 7) is 10.1. The molecule has 1 aliphatic heterocycles. The second-order valence-electron chi connectivity index (χ2n) is 9.29. The van der Waals surface area contributed by atoms with E-state index < -0.39 is 5.41 Å². The second-order valence-corrected chi connectivity index (χ2v) is 9.29. The monoisotopic (exact) mass is 416 g/mol. The molecule has 158 valence electrons. The quantitative estimate of drug-likeness (QED) is 0.528. The van der Waals surface area contributed by atoms with Crippen molar-refractivity contribution in [2.45, 2.75) is 45.6 Å². The van der Waals surface area contributed by atoms with Crippen LogP contribution in [0.25, 0.3) is 16.9 Å². The standard InChI is InChI=1S/C22H24N8O/c1-21(2,3)30-12-13(11-24-30)17-18-27-20(28-29(18)9-8-23-17)25-14-6-7-15-16(10-14)26-19(31)22(15,4)5/h6-12H,1-5H3,(H,25,28)(H,26,31). The predicted octanol–water partition coefficient (Wildman–Crippen LogP) is 3.72. The molecule has 5 rings (SSSR count). The maximum atomic E-state index is 12.2. The van der Waals surface area contributed by atoms with E-state index in [1.165, 1.54) is 0 Å². The van der Waals surface area contributed by atoms with Gasteiger partial charge in [-0.1, -0.05) is 6.07 Å². The first-order chi connectivity index (χ1) is 14.6. The lowest BCUT2D eigenvalue weighted by Crippen LogP contribution is -2.26. The average molecular weight is 416 g/mol. The van der Waals surface area contributed by atoms with Gasteiger partial charge in [0.05, 0.1) is 17.2 Å². The summed E-state index contributed by atoms with van der Waals surface area (Å²) in [4.78, 5) is 21.4. The third-order valence-corrected chi connectivity index (χ3v) is 5.56. The maximum Gasteiger partial charge on any atom is 0.247 e. The molecule has 0 spiro atoms. The molecule has 1 aromatic carbocycles. The fourth-order valence-electron chi connectivity index (χ4n) is 3.69. The van der Waals surface area contributed by atoms with Crippen molar-refractivity contribution in [3.05, 3.63) is 48.5 Å². The molecule has 2 N–H and O–H groups in total. The summed E-state index contributed by atoms with van der Waals surface area (Å²) in [5, 5.41) is 15.2. The highest BCUT2D eigenvalue weighted by Crippen LogP contribution is 2.39. The highest BCUT2D eigenvalue weighted by molar-refractivity contribution is 6.06. The van der Waals surface area contributed by atoms with Gasteiger partial charge in [0.2, 0.25) is 11.9 Å². The van der Waals surface area contributed by atoms with Gasteiger partial charge < -0.3 is 10.6 Å². The lowest BCUT2D eigenvalue weighted by Gasteiger charge is -2.18. The van der Waals surface area contributed by atoms with Crippen LogP contribution in [0.2, 0.25) is 0 Å². The Morgan fingerprint density at radius 3 is 2.74 bits per heavy atom. The van der Waals surface area contributed by atoms with Gasteiger partial charge in [-0.3, -0.25) is 14.5 Å². The van der Waals surface area contributed by atoms with Crippen molar-refractivity contribution in [2.75, 3.05) is 10.6 Å². The zero-order valence-electron chi connectivity index (χ0n) is 18.1. The molecular formula is C22H24N8O. The number of carbonyl (C=O) groups is 1. The van der Waals surface area contributed by atoms with Crippen LogP contribution in [0.5, 0.6) is 0 Å². The molecule has 0 unspecified atom stereocenters. The number of fused-ring (bicyclic) bond motifs is 2. The van der Waals surface area contributed by atoms with E-state index in [-0.39, 0.29) is 11.4 Å². The summed E-state index contributed by atoms with van der Waals surface area (Å²) in [6, 6.07) is 5.79. The Labute approximate surface area is 179 Å². The molecule has 0 fully saturated rings. The van der Waals surface area contributed by atoms with Crippen molar-refractivity contribution in [1.29, 1.82) is 0 Å². The van der Waals surface area contributed by atoms with E-state index in [2.05, 4.69) is 51.6 Å². The van der Waals surface area contributed by atoms with E-state index in [9.17, 15) is 4.79 Å². The fourth-order valence-corrected chi connectivity index (χ4v) is 3.69. The Bertz CT molecular complexity index is 1330. The van der Waals surface area contributed by atoms with Gasteiger partial charge in [0.15, 0.2) is 5.65 Å². The predicted molar refractivity (Wildman–Crippen MR) is 118 cm³/mol. The first kappa shape index (κ1) is 19.2. The van der Waals surface area contributed by atoms with Crippen molar-refractivity contribution < 1.29 is 4.79 Å². The highest BCUT2D eigenvalue weighted by Gasteiger charge is 2.38. The number of nitrogens with zero attached hydrogens (tertiary/aromatic N) is 6. The molecule has 3 aromatic heterocycles. The van der Waals surface area contributed by atoms with Crippen molar-refractivity contribution in [1.82, 2.24) is 29.4 Å². The van der Waals surface area contributed by atoms with Crippen LogP contribution in [0.4, 0.5) is 17.3 Å². The molecule has 1 aliphatic rings. The Morgan fingerprint density at radius 2 is 2.00 bits per heavy atom. The minimum Gasteiger partial charge on any atom is -0.325 e. The van der Waals surface area contributed by atoms with Gasteiger partial charge in [-0.15, -0.1) is 5.10 Å². The SMILES string of the molecule is CC1(C)C(=O)Nc2cc(Nc3nc4c(-c5cnn(C(C)(C)C)c5)nccn4n3)ccc21. The van der Waals surface area contributed by atoms with Crippen molar-refractivity contribution in [2.24, 2.45) is 0 Å². The van der Waals surface area contributed by atoms with Crippen LogP contribution < -0.4 is 10.6 Å². The molecule has 1 amide bonds. The Hall–Kier alpha value is -3.75. The molecule has 4 aromatic rings. The maximum absolute atomic E-state index is 12.2. The van der Waals surface area contributed by atoms with E-state index in [4.69, 9.17) is 0 Å². The van der Waals surface area contributed by atoms with Gasteiger partial charge in [0, 0.05) is 35.5 Å². The number of anilines is 3. The highest BCUT2D eigenvalue weighted by atomic mass is 16.2. The number of hydrogen-bond acceptors (Lipinski definition) is 6. The Kier molecular flexibility index (Phi) is 3.95. The summed E-state index contributed by atoms with van der Waals surface area (Å²) in [7, 11) is 0. The third-order valence-electron chi connectivity index (χ3n) is 5.56. The van der Waals surface area contributed by atoms with Crippen molar-refractivity contribution in [3.8, 4) is 11.3 Å².